The second-order valence-corrected chi connectivity index (χ2v) is 22.5. The monoisotopic (exact) mass is 1470 g/mol. The quantitative estimate of drug-likeness (QED) is 0.0399. The number of benzene rings is 8. The smallest absolute Gasteiger partial charge is 0.537 e. The number of nitro benzene ring substituents is 2. The average molecular weight is 1480 g/mol. The fourth-order valence-electron chi connectivity index (χ4n) is 7.99. The third-order valence-electron chi connectivity index (χ3n) is 12.5. The highest BCUT2D eigenvalue weighted by atomic mass is 79.9. The minimum absolute atomic E-state index is 0. The summed E-state index contributed by atoms with van der Waals surface area (Å²) < 4.78 is 166. The van der Waals surface area contributed by atoms with Crippen molar-refractivity contribution in [3.05, 3.63) is 261 Å². The fourth-order valence-corrected chi connectivity index (χ4v) is 9.58. The third-order valence-corrected chi connectivity index (χ3v) is 14.6. The lowest BCUT2D eigenvalue weighted by atomic mass is 9.97. The lowest BCUT2D eigenvalue weighted by Gasteiger charge is -2.14. The van der Waals surface area contributed by atoms with Gasteiger partial charge in [-0.2, -0.15) is 62.3 Å². The highest BCUT2D eigenvalue weighted by Crippen LogP contribution is 2.41. The van der Waals surface area contributed by atoms with Crippen molar-refractivity contribution in [2.75, 3.05) is 11.1 Å². The van der Waals surface area contributed by atoms with Crippen LogP contribution in [0.3, 0.4) is 0 Å². The number of nitrogen functional groups attached to an aromatic ring is 1. The van der Waals surface area contributed by atoms with Crippen LogP contribution in [0.2, 0.25) is 0 Å². The molecule has 0 aliphatic heterocycles. The van der Waals surface area contributed by atoms with E-state index in [0.29, 0.717) is 57.6 Å². The summed E-state index contributed by atoms with van der Waals surface area (Å²) in [6.07, 6.45) is -15.5. The number of hydrogen-bond acceptors (Lipinski definition) is 16. The Morgan fingerprint density at radius 2 is 0.908 bits per heavy atom. The van der Waals surface area contributed by atoms with Crippen LogP contribution in [0.15, 0.2) is 181 Å². The molecule has 515 valence electrons. The van der Waals surface area contributed by atoms with Crippen molar-refractivity contribution >= 4 is 81.5 Å². The first kappa shape index (κ1) is 82.0. The number of nitrogens with one attached hydrogen (secondary N) is 1. The van der Waals surface area contributed by atoms with E-state index < -0.39 is 56.8 Å². The van der Waals surface area contributed by atoms with Gasteiger partial charge in [-0.25, -0.2) is 0 Å². The van der Waals surface area contributed by atoms with Crippen molar-refractivity contribution in [1.29, 1.82) is 0 Å². The van der Waals surface area contributed by atoms with Gasteiger partial charge < -0.3 is 20.7 Å². The van der Waals surface area contributed by atoms with E-state index in [-0.39, 0.29) is 52.0 Å². The lowest BCUT2D eigenvalue weighted by Crippen LogP contribution is -2.11. The Hall–Kier alpha value is -10.2. The Morgan fingerprint density at radius 1 is 0.551 bits per heavy atom. The molecule has 4 N–H and O–H groups in total. The number of non-ortho nitro benzene ring substituents is 2. The molecule has 0 saturated heterocycles. The Balaban J connectivity index is 0.000000315. The second-order valence-electron chi connectivity index (χ2n) is 19.9. The molecule has 2 heterocycles. The zero-order valence-electron chi connectivity index (χ0n) is 51.0. The van der Waals surface area contributed by atoms with E-state index >= 15 is 0 Å². The maximum Gasteiger partial charge on any atom is 0.569 e. The first-order valence-electron chi connectivity index (χ1n) is 27.2. The number of anilines is 2. The predicted octanol–water partition coefficient (Wildman–Crippen LogP) is 19.1. The molecule has 17 nitrogen and oxygen atoms in total. The number of nitro groups is 2. The number of aromatic nitrogens is 4. The van der Waals surface area contributed by atoms with Crippen LogP contribution in [0.25, 0.3) is 33.4 Å². The van der Waals surface area contributed by atoms with Gasteiger partial charge in [0, 0.05) is 45.0 Å². The van der Waals surface area contributed by atoms with E-state index in [4.69, 9.17) is 20.3 Å². The first-order valence-corrected chi connectivity index (χ1v) is 29.5. The van der Waals surface area contributed by atoms with Crippen LogP contribution in [-0.2, 0) is 34.3 Å². The largest absolute Gasteiger partial charge is 0.569 e. The molecule has 0 atom stereocenters. The number of amides is 1. The number of aryl methyl sites for hydroxylation is 6. The number of carbonyl (C=O) groups excluding carboxylic acids is 3. The molecule has 0 aliphatic rings. The van der Waals surface area contributed by atoms with Crippen LogP contribution in [0.4, 0.5) is 75.4 Å². The summed E-state index contributed by atoms with van der Waals surface area (Å²) in [4.78, 5) is 49.6. The van der Waals surface area contributed by atoms with E-state index in [1.165, 1.54) is 109 Å². The summed E-state index contributed by atoms with van der Waals surface area (Å²) >= 11 is 5.26. The molecule has 0 fully saturated rings. The minimum atomic E-state index is -4.47. The molecule has 98 heavy (non-hydrogen) atoms. The molecule has 1 amide bonds. The van der Waals surface area contributed by atoms with Gasteiger partial charge in [-0.3, -0.25) is 25.0 Å². The molecule has 0 bridgehead atoms. The Kier molecular flexibility index (Phi) is 31.3. The molecular weight excluding hydrogens is 1420 g/mol. The van der Waals surface area contributed by atoms with E-state index in [9.17, 15) is 77.7 Å². The van der Waals surface area contributed by atoms with E-state index in [1.54, 1.807) is 89.3 Å². The maximum atomic E-state index is 13.2. The summed E-state index contributed by atoms with van der Waals surface area (Å²) in [5.41, 5.74) is 8.76. The molecule has 1 radical (unpaired) electrons. The van der Waals surface area contributed by atoms with Gasteiger partial charge >= 0.3 is 38.5 Å². The molecule has 10 rings (SSSR count). The van der Waals surface area contributed by atoms with Gasteiger partial charge in [0.15, 0.2) is 0 Å². The molecule has 0 saturated carbocycles. The Bertz CT molecular complexity index is 4260. The van der Waals surface area contributed by atoms with Crippen molar-refractivity contribution in [2.24, 2.45) is 0 Å². The standard InChI is InChI=1S/C18H14F3N3OS.C14H10F3NO2.C14H12F3N.C8H6BrF3.C6H5BNO4.C3H4N2S.CO2.CH4/c1-10-3-8-15(18(19,20)21)14(9-10)12-4-6-13(7-5-12)22-17(25)16-11(2)23-24-26-16;1-9-2-7-13(14(15,16)17)12(8-9)10-3-5-11(6-4-10)18(19)20;1-9-2-7-13(14(15,16)17)12(8-9)10-3-5-11(18)6-4-10;1-5-2-3-6(7(9)4-5)8(10,11)12;9-7-12-6-3-1-5(2-4-6)8(10)11;1-3-2-4-5-6-3;2-1-3;/h3-9H,1-2H3,(H,22,25);2-8H,1H3;2-8H,18H2,1H3;2-4H,1H3;1-4,9H;2H,1H3;;1H4. The zero-order valence-corrected chi connectivity index (χ0v) is 54.2. The number of alkyl halides is 12. The van der Waals surface area contributed by atoms with Crippen molar-refractivity contribution in [3.8, 4) is 39.1 Å². The Morgan fingerprint density at radius 3 is 1.21 bits per heavy atom. The summed E-state index contributed by atoms with van der Waals surface area (Å²) in [6.45, 7) is 10.6. The van der Waals surface area contributed by atoms with Gasteiger partial charge in [0.2, 0.25) is 0 Å². The molecule has 2 aromatic heterocycles. The number of nitrogens with two attached hydrogens (primary N) is 1. The molecule has 0 unspecified atom stereocenters. The molecule has 8 aromatic carbocycles. The first-order chi connectivity index (χ1) is 45.4. The normalized spacial score (nSPS) is 10.7. The highest BCUT2D eigenvalue weighted by Gasteiger charge is 2.36. The van der Waals surface area contributed by atoms with Gasteiger partial charge in [-0.05, 0) is 182 Å². The minimum Gasteiger partial charge on any atom is -0.537 e. The molecule has 0 spiro atoms. The van der Waals surface area contributed by atoms with Crippen LogP contribution < -0.4 is 15.7 Å². The molecule has 0 aliphatic carbocycles. The number of rotatable bonds is 9. The van der Waals surface area contributed by atoms with Crippen LogP contribution in [0.1, 0.15) is 72.2 Å². The van der Waals surface area contributed by atoms with Crippen LogP contribution in [0.5, 0.6) is 5.75 Å². The number of nitrogens with zero attached hydrogens (tertiary/aromatic N) is 6. The van der Waals surface area contributed by atoms with Crippen molar-refractivity contribution in [3.63, 3.8) is 0 Å². The van der Waals surface area contributed by atoms with E-state index in [1.807, 2.05) is 6.92 Å². The van der Waals surface area contributed by atoms with Crippen molar-refractivity contribution in [2.45, 2.75) is 73.7 Å². The van der Waals surface area contributed by atoms with Crippen LogP contribution in [0, 0.1) is 61.8 Å². The molecular formula is C65H55BBrF12N8O9S2. The van der Waals surface area contributed by atoms with E-state index in [0.717, 1.165) is 57.4 Å². The summed E-state index contributed by atoms with van der Waals surface area (Å²) in [7, 11) is 0.515. The van der Waals surface area contributed by atoms with Crippen LogP contribution >= 0.6 is 39.0 Å². The highest BCUT2D eigenvalue weighted by molar-refractivity contribution is 9.10. The van der Waals surface area contributed by atoms with E-state index in [2.05, 4.69) is 45.1 Å². The summed E-state index contributed by atoms with van der Waals surface area (Å²) in [5.74, 6) is -0.000105. The maximum absolute atomic E-state index is 13.2. The van der Waals surface area contributed by atoms with Crippen molar-refractivity contribution in [1.82, 2.24) is 19.2 Å². The second kappa shape index (κ2) is 37.3. The van der Waals surface area contributed by atoms with Gasteiger partial charge in [0.1, 0.15) is 10.6 Å². The third kappa shape index (κ3) is 26.1. The fraction of sp³-hybridized carbons (Fsp3) is 0.169. The average Bonchev–Trinajstić information content (AvgIpc) is 1.11. The van der Waals surface area contributed by atoms with Crippen molar-refractivity contribution < 1.29 is 86.6 Å². The van der Waals surface area contributed by atoms with Gasteiger partial charge in [-0.15, -0.1) is 10.2 Å². The van der Waals surface area contributed by atoms with Gasteiger partial charge in [0.05, 0.1) is 44.0 Å². The van der Waals surface area contributed by atoms with Gasteiger partial charge in [0.25, 0.3) is 17.3 Å². The number of carbonyl (C=O) groups is 1. The summed E-state index contributed by atoms with van der Waals surface area (Å²) in [6, 6.07) is 38.9. The van der Waals surface area contributed by atoms with Crippen LogP contribution in [-0.4, -0.2) is 53.8 Å². The Labute approximate surface area is 569 Å². The molecule has 33 heteroatoms. The summed E-state index contributed by atoms with van der Waals surface area (Å²) in [5, 5.41) is 39.0. The topological polar surface area (TPSA) is 257 Å². The predicted molar refractivity (Wildman–Crippen MR) is 350 cm³/mol. The molecule has 10 aromatic rings. The lowest BCUT2D eigenvalue weighted by molar-refractivity contribution is -0.385. The SMILES string of the molecule is C.Cc1ccc(C(F)(F)F)c(-c2ccc(N)cc2)c1.Cc1ccc(C(F)(F)F)c(-c2ccc(NC(=O)c3snnc3C)cc2)c1.Cc1ccc(C(F)(F)F)c(-c2ccc([N+](=O)[O-])cc2)c1.Cc1ccc(C(F)(F)F)c(Br)c1.Cc1cnns1.O=C=O.O=[N+]([O-])c1ccc(O[B]O)cc1. The van der Waals surface area contributed by atoms with Gasteiger partial charge in [-0.1, -0.05) is 116 Å². The number of halogens is 13. The zero-order chi connectivity index (χ0) is 72.6. The number of hydrogen-bond donors (Lipinski definition) is 3.